The van der Waals surface area contributed by atoms with Gasteiger partial charge in [-0.3, -0.25) is 9.78 Å². The van der Waals surface area contributed by atoms with Crippen molar-refractivity contribution in [3.63, 3.8) is 0 Å². The minimum absolute atomic E-state index is 0.196. The van der Waals surface area contributed by atoms with Crippen LogP contribution in [0.3, 0.4) is 0 Å². The van der Waals surface area contributed by atoms with Crippen LogP contribution in [0.4, 0.5) is 0 Å². The summed E-state index contributed by atoms with van der Waals surface area (Å²) in [4.78, 5) is 20.3. The van der Waals surface area contributed by atoms with Gasteiger partial charge < -0.3 is 15.2 Å². The zero-order chi connectivity index (χ0) is 21.6. The van der Waals surface area contributed by atoms with Crippen LogP contribution in [0.5, 0.6) is 0 Å². The van der Waals surface area contributed by atoms with Crippen molar-refractivity contribution in [3.05, 3.63) is 54.1 Å². The number of nitrogens with one attached hydrogen (secondary N) is 2. The summed E-state index contributed by atoms with van der Waals surface area (Å²) < 4.78 is 33.2. The van der Waals surface area contributed by atoms with Gasteiger partial charge in [-0.1, -0.05) is 17.7 Å². The summed E-state index contributed by atoms with van der Waals surface area (Å²) in [5, 5.41) is 12.5. The topological polar surface area (TPSA) is 131 Å². The summed E-state index contributed by atoms with van der Waals surface area (Å²) in [6.45, 7) is 1.86. The maximum Gasteiger partial charge on any atom is 0.271 e. The fraction of sp³-hybridized carbons (Fsp3) is 0.450. The second-order valence-corrected chi connectivity index (χ2v) is 8.99. The highest BCUT2D eigenvalue weighted by atomic mass is 32.2. The summed E-state index contributed by atoms with van der Waals surface area (Å²) >= 11 is 0. The van der Waals surface area contributed by atoms with Crippen molar-refractivity contribution < 1.29 is 23.1 Å². The Kier molecular flexibility index (Phi) is 7.48. The number of aliphatic hydroxyl groups excluding tert-OH is 1. The number of carbonyl (C=O) groups excluding carboxylic acids is 1. The molecule has 2 heterocycles. The van der Waals surface area contributed by atoms with E-state index in [1.807, 2.05) is 6.92 Å². The summed E-state index contributed by atoms with van der Waals surface area (Å²) in [5.41, 5.74) is 1.18. The number of benzene rings is 1. The van der Waals surface area contributed by atoms with Gasteiger partial charge in [-0.25, -0.2) is 18.1 Å². The van der Waals surface area contributed by atoms with E-state index in [1.54, 1.807) is 24.3 Å². The zero-order valence-electron chi connectivity index (χ0n) is 16.7. The molecule has 162 valence electrons. The lowest BCUT2D eigenvalue weighted by molar-refractivity contribution is -0.0891. The first kappa shape index (κ1) is 22.3. The Morgan fingerprint density at radius 2 is 2.00 bits per heavy atom. The molecule has 3 atom stereocenters. The lowest BCUT2D eigenvalue weighted by Crippen LogP contribution is -2.51. The van der Waals surface area contributed by atoms with Crippen molar-refractivity contribution in [2.45, 2.75) is 49.3 Å². The van der Waals surface area contributed by atoms with E-state index in [9.17, 15) is 18.3 Å². The van der Waals surface area contributed by atoms with Gasteiger partial charge in [-0.2, -0.15) is 0 Å². The predicted molar refractivity (Wildman–Crippen MR) is 109 cm³/mol. The molecule has 0 unspecified atom stereocenters. The SMILES string of the molecule is Cc1ccc(S(=O)(=O)NCC[C@H]2CC[C@@H](NC(=O)c3cnccn3)[C@H](CO)O2)cc1. The van der Waals surface area contributed by atoms with Gasteiger partial charge in [0, 0.05) is 18.9 Å². The Labute approximate surface area is 176 Å². The standard InChI is InChI=1S/C20H26N4O5S/c1-14-2-5-16(6-3-14)30(27,28)23-9-8-15-4-7-17(19(13-25)29-15)24-20(26)18-12-21-10-11-22-18/h2-3,5-6,10-12,15,17,19,23,25H,4,7-9,13H2,1H3,(H,24,26)/t15-,17-,19+/m1/s1. The summed E-state index contributed by atoms with van der Waals surface area (Å²) in [5.74, 6) is -0.376. The second-order valence-electron chi connectivity index (χ2n) is 7.23. The molecular weight excluding hydrogens is 408 g/mol. The van der Waals surface area contributed by atoms with Crippen LogP contribution in [0.15, 0.2) is 47.8 Å². The van der Waals surface area contributed by atoms with Gasteiger partial charge in [-0.15, -0.1) is 0 Å². The number of aliphatic hydroxyl groups is 1. The van der Waals surface area contributed by atoms with E-state index in [-0.39, 0.29) is 41.8 Å². The number of nitrogens with zero attached hydrogens (tertiary/aromatic N) is 2. The van der Waals surface area contributed by atoms with E-state index < -0.39 is 16.1 Å². The van der Waals surface area contributed by atoms with Crippen LogP contribution < -0.4 is 10.0 Å². The van der Waals surface area contributed by atoms with Crippen molar-refractivity contribution in [2.75, 3.05) is 13.2 Å². The fourth-order valence-corrected chi connectivity index (χ4v) is 4.37. The van der Waals surface area contributed by atoms with Crippen LogP contribution in [0.1, 0.15) is 35.3 Å². The van der Waals surface area contributed by atoms with Gasteiger partial charge in [0.2, 0.25) is 10.0 Å². The quantitative estimate of drug-likeness (QED) is 0.560. The van der Waals surface area contributed by atoms with Crippen molar-refractivity contribution in [2.24, 2.45) is 0 Å². The summed E-state index contributed by atoms with van der Waals surface area (Å²) in [7, 11) is -3.58. The molecule has 0 radical (unpaired) electrons. The van der Waals surface area contributed by atoms with Gasteiger partial charge in [0.15, 0.2) is 0 Å². The van der Waals surface area contributed by atoms with Crippen LogP contribution in [-0.4, -0.2) is 60.8 Å². The van der Waals surface area contributed by atoms with Crippen LogP contribution in [0.2, 0.25) is 0 Å². The minimum Gasteiger partial charge on any atom is -0.394 e. The maximum absolute atomic E-state index is 12.4. The Morgan fingerprint density at radius 3 is 2.67 bits per heavy atom. The molecule has 2 aromatic rings. The second kappa shape index (κ2) is 10.1. The molecule has 3 N–H and O–H groups in total. The lowest BCUT2D eigenvalue weighted by atomic mass is 9.97. The molecule has 0 spiro atoms. The molecule has 30 heavy (non-hydrogen) atoms. The number of hydrogen-bond donors (Lipinski definition) is 3. The molecule has 9 nitrogen and oxygen atoms in total. The number of hydrogen-bond acceptors (Lipinski definition) is 7. The van der Waals surface area contributed by atoms with Crippen LogP contribution >= 0.6 is 0 Å². The first-order valence-corrected chi connectivity index (χ1v) is 11.3. The molecule has 0 aliphatic carbocycles. The van der Waals surface area contributed by atoms with Crippen LogP contribution in [-0.2, 0) is 14.8 Å². The molecule has 1 aliphatic heterocycles. The van der Waals surface area contributed by atoms with Gasteiger partial charge in [0.1, 0.15) is 11.8 Å². The minimum atomic E-state index is -3.58. The highest BCUT2D eigenvalue weighted by molar-refractivity contribution is 7.89. The molecule has 1 amide bonds. The normalized spacial score (nSPS) is 21.9. The smallest absolute Gasteiger partial charge is 0.271 e. The fourth-order valence-electron chi connectivity index (χ4n) is 3.32. The Morgan fingerprint density at radius 1 is 1.23 bits per heavy atom. The zero-order valence-corrected chi connectivity index (χ0v) is 17.5. The third kappa shape index (κ3) is 5.82. The van der Waals surface area contributed by atoms with Crippen molar-refractivity contribution in [1.82, 2.24) is 20.0 Å². The molecule has 1 aromatic carbocycles. The number of sulfonamides is 1. The molecule has 3 rings (SSSR count). The number of ether oxygens (including phenoxy) is 1. The van der Waals surface area contributed by atoms with E-state index in [0.29, 0.717) is 19.3 Å². The molecule has 1 aromatic heterocycles. The Bertz CT molecular complexity index is 937. The van der Waals surface area contributed by atoms with E-state index in [1.165, 1.54) is 18.6 Å². The van der Waals surface area contributed by atoms with Crippen LogP contribution in [0, 0.1) is 6.92 Å². The first-order valence-electron chi connectivity index (χ1n) is 9.78. The van der Waals surface area contributed by atoms with Gasteiger partial charge >= 0.3 is 0 Å². The van der Waals surface area contributed by atoms with E-state index >= 15 is 0 Å². The largest absolute Gasteiger partial charge is 0.394 e. The third-order valence-corrected chi connectivity index (χ3v) is 6.47. The van der Waals surface area contributed by atoms with Crippen molar-refractivity contribution >= 4 is 15.9 Å². The number of aromatic nitrogens is 2. The van der Waals surface area contributed by atoms with Crippen molar-refractivity contribution in [3.8, 4) is 0 Å². The van der Waals surface area contributed by atoms with Crippen molar-refractivity contribution in [1.29, 1.82) is 0 Å². The Balaban J connectivity index is 1.49. The number of rotatable bonds is 8. The number of aryl methyl sites for hydroxylation is 1. The van der Waals surface area contributed by atoms with Gasteiger partial charge in [0.25, 0.3) is 5.91 Å². The van der Waals surface area contributed by atoms with E-state index in [0.717, 1.165) is 5.56 Å². The van der Waals surface area contributed by atoms with Gasteiger partial charge in [0.05, 0.1) is 29.8 Å². The average molecular weight is 435 g/mol. The molecule has 1 aliphatic rings. The summed E-state index contributed by atoms with van der Waals surface area (Å²) in [6.07, 6.45) is 5.20. The van der Waals surface area contributed by atoms with E-state index in [4.69, 9.17) is 4.74 Å². The maximum atomic E-state index is 12.4. The third-order valence-electron chi connectivity index (χ3n) is 5.00. The van der Waals surface area contributed by atoms with E-state index in [2.05, 4.69) is 20.0 Å². The predicted octanol–water partition coefficient (Wildman–Crippen LogP) is 0.792. The lowest BCUT2D eigenvalue weighted by Gasteiger charge is -2.36. The highest BCUT2D eigenvalue weighted by Gasteiger charge is 2.32. The summed E-state index contributed by atoms with van der Waals surface area (Å²) in [6, 6.07) is 6.28. The van der Waals surface area contributed by atoms with Gasteiger partial charge in [-0.05, 0) is 38.3 Å². The highest BCUT2D eigenvalue weighted by Crippen LogP contribution is 2.22. The number of amides is 1. The molecule has 1 saturated heterocycles. The Hall–Kier alpha value is -2.40. The molecular formula is C20H26N4O5S. The number of carbonyl (C=O) groups is 1. The molecule has 1 fully saturated rings. The molecule has 10 heteroatoms. The van der Waals surface area contributed by atoms with Crippen LogP contribution in [0.25, 0.3) is 0 Å². The monoisotopic (exact) mass is 434 g/mol. The first-order chi connectivity index (χ1) is 14.4. The molecule has 0 saturated carbocycles. The average Bonchev–Trinajstić information content (AvgIpc) is 2.75. The molecule has 0 bridgehead atoms.